The van der Waals surface area contributed by atoms with Gasteiger partial charge in [-0.1, -0.05) is 94.9 Å². The second kappa shape index (κ2) is 11.6. The van der Waals surface area contributed by atoms with E-state index >= 15 is 0 Å². The van der Waals surface area contributed by atoms with Gasteiger partial charge in [-0.25, -0.2) is 0 Å². The van der Waals surface area contributed by atoms with Crippen LogP contribution in [-0.2, 0) is 4.74 Å². The van der Waals surface area contributed by atoms with Gasteiger partial charge in [-0.05, 0) is 48.3 Å². The van der Waals surface area contributed by atoms with Crippen molar-refractivity contribution in [2.24, 2.45) is 22.7 Å². The zero-order chi connectivity index (χ0) is 19.7. The van der Waals surface area contributed by atoms with Crippen LogP contribution in [0.4, 0.5) is 0 Å². The summed E-state index contributed by atoms with van der Waals surface area (Å²) in [6.07, 6.45) is 10.6. The van der Waals surface area contributed by atoms with Crippen LogP contribution in [0.1, 0.15) is 121 Å². The second-order valence-corrected chi connectivity index (χ2v) is 10.3. The topological polar surface area (TPSA) is 9.23 Å². The minimum absolute atomic E-state index is 0.374. The highest BCUT2D eigenvalue weighted by molar-refractivity contribution is 4.79. The molecule has 0 aliphatic carbocycles. The molecule has 0 amide bonds. The summed E-state index contributed by atoms with van der Waals surface area (Å²) in [6.45, 7) is 23.6. The summed E-state index contributed by atoms with van der Waals surface area (Å²) < 4.78 is 6.87. The first-order chi connectivity index (χ1) is 11.5. The molecule has 4 unspecified atom stereocenters. The van der Waals surface area contributed by atoms with Crippen molar-refractivity contribution < 1.29 is 4.74 Å². The average Bonchev–Trinajstić information content (AvgIpc) is 2.53. The van der Waals surface area contributed by atoms with Crippen LogP contribution in [0.15, 0.2) is 0 Å². The van der Waals surface area contributed by atoms with E-state index in [-0.39, 0.29) is 0 Å². The van der Waals surface area contributed by atoms with Crippen molar-refractivity contribution in [3.8, 4) is 0 Å². The Morgan fingerprint density at radius 3 is 1.20 bits per heavy atom. The minimum Gasteiger partial charge on any atom is -0.375 e. The summed E-state index contributed by atoms with van der Waals surface area (Å²) in [7, 11) is 0. The fourth-order valence-corrected chi connectivity index (χ4v) is 3.40. The van der Waals surface area contributed by atoms with Crippen molar-refractivity contribution in [1.82, 2.24) is 0 Å². The van der Waals surface area contributed by atoms with Crippen LogP contribution in [0.5, 0.6) is 0 Å². The Morgan fingerprint density at radius 1 is 0.640 bits per heavy atom. The maximum atomic E-state index is 6.87. The first-order valence-corrected chi connectivity index (χ1v) is 11.1. The van der Waals surface area contributed by atoms with E-state index in [2.05, 4.69) is 69.2 Å². The van der Waals surface area contributed by atoms with E-state index in [0.717, 1.165) is 11.8 Å². The summed E-state index contributed by atoms with van der Waals surface area (Å²) in [6, 6.07) is 0. The molecule has 0 fully saturated rings. The van der Waals surface area contributed by atoms with E-state index in [4.69, 9.17) is 4.74 Å². The van der Waals surface area contributed by atoms with E-state index < -0.39 is 0 Å². The van der Waals surface area contributed by atoms with Gasteiger partial charge in [-0.2, -0.15) is 0 Å². The number of hydrogen-bond acceptors (Lipinski definition) is 1. The van der Waals surface area contributed by atoms with Gasteiger partial charge >= 0.3 is 0 Å². The third-order valence-corrected chi connectivity index (χ3v) is 6.58. The molecule has 0 bridgehead atoms. The fourth-order valence-electron chi connectivity index (χ4n) is 3.40. The molecule has 0 aromatic rings. The van der Waals surface area contributed by atoms with Gasteiger partial charge in [0.25, 0.3) is 0 Å². The molecule has 0 saturated heterocycles. The number of hydrogen-bond donors (Lipinski definition) is 0. The van der Waals surface area contributed by atoms with Crippen molar-refractivity contribution >= 4 is 0 Å². The highest BCUT2D eigenvalue weighted by Crippen LogP contribution is 2.35. The molecule has 0 N–H and O–H groups in total. The maximum absolute atomic E-state index is 6.87. The summed E-state index contributed by atoms with van der Waals surface area (Å²) >= 11 is 0. The molecule has 0 spiro atoms. The normalized spacial score (nSPS) is 18.0. The van der Waals surface area contributed by atoms with Crippen LogP contribution in [-0.4, -0.2) is 12.2 Å². The largest absolute Gasteiger partial charge is 0.375 e. The molecule has 0 aromatic heterocycles. The lowest BCUT2D eigenvalue weighted by molar-refractivity contribution is -0.0682. The molecule has 1 heteroatoms. The molecule has 4 atom stereocenters. The molecular weight excluding hydrogens is 304 g/mol. The van der Waals surface area contributed by atoms with Crippen LogP contribution in [0, 0.1) is 22.7 Å². The lowest BCUT2D eigenvalue weighted by Crippen LogP contribution is -2.32. The predicted octanol–water partition coefficient (Wildman–Crippen LogP) is 8.27. The maximum Gasteiger partial charge on any atom is 0.0586 e. The van der Waals surface area contributed by atoms with Crippen LogP contribution in [0.2, 0.25) is 0 Å². The third kappa shape index (κ3) is 11.3. The Bertz CT molecular complexity index is 299. The van der Waals surface area contributed by atoms with Gasteiger partial charge in [0.2, 0.25) is 0 Å². The van der Waals surface area contributed by atoms with E-state index in [0.29, 0.717) is 23.0 Å². The van der Waals surface area contributed by atoms with Crippen LogP contribution < -0.4 is 0 Å². The SMILES string of the molecule is CCC(C)CC(CC(C)(C)CC)OC(CC(C)CC)CC(C)(C)CC. The zero-order valence-electron chi connectivity index (χ0n) is 19.4. The van der Waals surface area contributed by atoms with Crippen molar-refractivity contribution in [3.05, 3.63) is 0 Å². The molecule has 0 aliphatic heterocycles. The molecule has 0 radical (unpaired) electrons. The highest BCUT2D eigenvalue weighted by Gasteiger charge is 2.29. The summed E-state index contributed by atoms with van der Waals surface area (Å²) in [5, 5.41) is 0. The van der Waals surface area contributed by atoms with Crippen LogP contribution in [0.3, 0.4) is 0 Å². The van der Waals surface area contributed by atoms with Crippen molar-refractivity contribution in [3.63, 3.8) is 0 Å². The Balaban J connectivity index is 5.18. The summed E-state index contributed by atoms with van der Waals surface area (Å²) in [5.74, 6) is 1.50. The van der Waals surface area contributed by atoms with Crippen molar-refractivity contribution in [2.75, 3.05) is 0 Å². The zero-order valence-corrected chi connectivity index (χ0v) is 19.4. The quantitative estimate of drug-likeness (QED) is 0.305. The van der Waals surface area contributed by atoms with Crippen molar-refractivity contribution in [2.45, 2.75) is 133 Å². The molecule has 1 nitrogen and oxygen atoms in total. The molecule has 0 saturated carbocycles. The molecule has 0 aromatic carbocycles. The molecule has 0 heterocycles. The van der Waals surface area contributed by atoms with Gasteiger partial charge in [-0.3, -0.25) is 0 Å². The Hall–Kier alpha value is -0.0400. The number of rotatable bonds is 14. The number of ether oxygens (including phenoxy) is 1. The first-order valence-electron chi connectivity index (χ1n) is 11.1. The molecule has 152 valence electrons. The minimum atomic E-state index is 0.374. The lowest BCUT2D eigenvalue weighted by atomic mass is 9.80. The fraction of sp³-hybridized carbons (Fsp3) is 1.00. The van der Waals surface area contributed by atoms with Gasteiger partial charge in [0, 0.05) is 0 Å². The molecule has 0 rings (SSSR count). The average molecular weight is 355 g/mol. The van der Waals surface area contributed by atoms with Gasteiger partial charge in [0.05, 0.1) is 12.2 Å². The summed E-state index contributed by atoms with van der Waals surface area (Å²) in [5.41, 5.74) is 0.749. The van der Waals surface area contributed by atoms with Gasteiger partial charge < -0.3 is 4.74 Å². The predicted molar refractivity (Wildman–Crippen MR) is 114 cm³/mol. The molecule has 0 aliphatic rings. The third-order valence-electron chi connectivity index (χ3n) is 6.58. The van der Waals surface area contributed by atoms with E-state index in [1.807, 2.05) is 0 Å². The second-order valence-electron chi connectivity index (χ2n) is 10.3. The molecular formula is C24H50O. The monoisotopic (exact) mass is 354 g/mol. The van der Waals surface area contributed by atoms with E-state index in [9.17, 15) is 0 Å². The van der Waals surface area contributed by atoms with E-state index in [1.165, 1.54) is 51.4 Å². The van der Waals surface area contributed by atoms with Crippen LogP contribution in [0.25, 0.3) is 0 Å². The van der Waals surface area contributed by atoms with Gasteiger partial charge in [0.15, 0.2) is 0 Å². The highest BCUT2D eigenvalue weighted by atomic mass is 16.5. The lowest BCUT2D eigenvalue weighted by Gasteiger charge is -2.36. The molecule has 25 heavy (non-hydrogen) atoms. The van der Waals surface area contributed by atoms with Crippen molar-refractivity contribution in [1.29, 1.82) is 0 Å². The summed E-state index contributed by atoms with van der Waals surface area (Å²) in [4.78, 5) is 0. The smallest absolute Gasteiger partial charge is 0.0586 e. The van der Waals surface area contributed by atoms with E-state index in [1.54, 1.807) is 0 Å². The first kappa shape index (κ1) is 25.0. The van der Waals surface area contributed by atoms with Gasteiger partial charge in [0.1, 0.15) is 0 Å². The van der Waals surface area contributed by atoms with Crippen LogP contribution >= 0.6 is 0 Å². The Kier molecular flexibility index (Phi) is 11.6. The Labute approximate surface area is 160 Å². The standard InChI is InChI=1S/C24H50O/c1-11-19(5)15-21(17-23(7,8)13-3)25-22(16-20(6)12-2)18-24(9,10)14-4/h19-22H,11-18H2,1-10H3. The van der Waals surface area contributed by atoms with Gasteiger partial charge in [-0.15, -0.1) is 0 Å². The Morgan fingerprint density at radius 2 is 0.960 bits per heavy atom.